The molecule has 0 radical (unpaired) electrons. The van der Waals surface area contributed by atoms with Gasteiger partial charge in [-0.2, -0.15) is 0 Å². The van der Waals surface area contributed by atoms with Crippen LogP contribution >= 0.6 is 0 Å². The summed E-state index contributed by atoms with van der Waals surface area (Å²) in [5.41, 5.74) is 0. The number of halogens is 1. The molecule has 1 aromatic carbocycles. The smallest absolute Gasteiger partial charge is 0.267 e. The van der Waals surface area contributed by atoms with Crippen molar-refractivity contribution in [3.63, 3.8) is 0 Å². The molecule has 0 spiro atoms. The minimum Gasteiger partial charge on any atom is -0.310 e. The van der Waals surface area contributed by atoms with Crippen molar-refractivity contribution in [3.05, 3.63) is 30.1 Å². The Morgan fingerprint density at radius 3 is 2.62 bits per heavy atom. The average molecular weight is 384 g/mol. The van der Waals surface area contributed by atoms with Crippen LogP contribution in [0.1, 0.15) is 39.5 Å². The van der Waals surface area contributed by atoms with E-state index in [1.54, 1.807) is 0 Å². The van der Waals surface area contributed by atoms with Crippen molar-refractivity contribution in [2.45, 2.75) is 50.5 Å². The van der Waals surface area contributed by atoms with Crippen LogP contribution < -0.4 is 5.32 Å². The number of ketones is 1. The first-order chi connectivity index (χ1) is 12.3. The topological polar surface area (TPSA) is 83.6 Å². The van der Waals surface area contributed by atoms with Crippen molar-refractivity contribution in [1.29, 1.82) is 0 Å². The number of amides is 1. The van der Waals surface area contributed by atoms with E-state index in [9.17, 15) is 22.4 Å². The number of hydrogen-bond acceptors (Lipinski definition) is 5. The molecule has 1 unspecified atom stereocenters. The Morgan fingerprint density at radius 1 is 1.35 bits per heavy atom. The third-order valence-electron chi connectivity index (χ3n) is 4.62. The van der Waals surface area contributed by atoms with Crippen molar-refractivity contribution in [2.75, 3.05) is 13.1 Å². The maximum absolute atomic E-state index is 13.2. The largest absolute Gasteiger partial charge is 0.310 e. The first-order valence-electron chi connectivity index (χ1n) is 8.83. The van der Waals surface area contributed by atoms with Crippen LogP contribution in [0.5, 0.6) is 0 Å². The number of nitrogens with zero attached hydrogens (tertiary/aromatic N) is 1. The first kappa shape index (κ1) is 20.5. The lowest BCUT2D eigenvalue weighted by atomic mass is 10.0. The van der Waals surface area contributed by atoms with E-state index in [1.807, 2.05) is 13.8 Å². The molecule has 0 aromatic heterocycles. The molecule has 1 aliphatic heterocycles. The number of hydrogen-bond donors (Lipinski definition) is 1. The van der Waals surface area contributed by atoms with E-state index in [2.05, 4.69) is 5.32 Å². The Balaban J connectivity index is 2.46. The summed E-state index contributed by atoms with van der Waals surface area (Å²) in [5, 5.41) is 2.94. The molecule has 2 atom stereocenters. The highest BCUT2D eigenvalue weighted by Gasteiger charge is 2.39. The van der Waals surface area contributed by atoms with Crippen LogP contribution in [0.2, 0.25) is 0 Å². The van der Waals surface area contributed by atoms with E-state index < -0.39 is 27.8 Å². The molecule has 0 saturated carbocycles. The van der Waals surface area contributed by atoms with Gasteiger partial charge in [0.2, 0.25) is 5.91 Å². The van der Waals surface area contributed by atoms with Crippen LogP contribution in [0.15, 0.2) is 29.2 Å². The predicted octanol–water partition coefficient (Wildman–Crippen LogP) is 2.10. The number of Topliss-reactive ketones (excluding diaryl/α,β-unsaturated/α-hetero) is 1. The fourth-order valence-electron chi connectivity index (χ4n) is 2.89. The number of benzene rings is 1. The molecule has 0 bridgehead atoms. The molecule has 26 heavy (non-hydrogen) atoms. The molecular formula is C18H25FN2O4S. The Kier molecular flexibility index (Phi) is 6.88. The predicted molar refractivity (Wildman–Crippen MR) is 95.4 cm³/mol. The molecule has 6 nitrogen and oxygen atoms in total. The van der Waals surface area contributed by atoms with Gasteiger partial charge < -0.3 is 5.32 Å². The zero-order chi connectivity index (χ0) is 19.3. The van der Waals surface area contributed by atoms with E-state index in [-0.39, 0.29) is 36.0 Å². The SMILES string of the molecule is CC[C@H](C)CC(=O)N(C1CCCNCC1=O)S(=O)(=O)c1ccc(F)cc1. The fourth-order valence-corrected chi connectivity index (χ4v) is 4.49. The second-order valence-corrected chi connectivity index (χ2v) is 8.48. The lowest BCUT2D eigenvalue weighted by Crippen LogP contribution is -2.49. The third-order valence-corrected chi connectivity index (χ3v) is 6.47. The molecule has 1 heterocycles. The van der Waals surface area contributed by atoms with Gasteiger partial charge in [-0.25, -0.2) is 17.1 Å². The summed E-state index contributed by atoms with van der Waals surface area (Å²) >= 11 is 0. The van der Waals surface area contributed by atoms with Crippen molar-refractivity contribution in [2.24, 2.45) is 5.92 Å². The van der Waals surface area contributed by atoms with Crippen molar-refractivity contribution in [3.8, 4) is 0 Å². The molecular weight excluding hydrogens is 359 g/mol. The van der Waals surface area contributed by atoms with Crippen LogP contribution in [0.4, 0.5) is 4.39 Å². The summed E-state index contributed by atoms with van der Waals surface area (Å²) in [6.45, 7) is 4.39. The number of carbonyl (C=O) groups is 2. The molecule has 144 valence electrons. The first-order valence-corrected chi connectivity index (χ1v) is 10.3. The fraction of sp³-hybridized carbons (Fsp3) is 0.556. The Labute approximate surface area is 153 Å². The third kappa shape index (κ3) is 4.67. The summed E-state index contributed by atoms with van der Waals surface area (Å²) in [6.07, 6.45) is 1.62. The monoisotopic (exact) mass is 384 g/mol. The minimum absolute atomic E-state index is 0.00702. The van der Waals surface area contributed by atoms with Gasteiger partial charge in [-0.15, -0.1) is 0 Å². The van der Waals surface area contributed by atoms with E-state index >= 15 is 0 Å². The van der Waals surface area contributed by atoms with Gasteiger partial charge in [-0.1, -0.05) is 20.3 Å². The van der Waals surface area contributed by atoms with Gasteiger partial charge in [-0.05, 0) is 49.6 Å². The van der Waals surface area contributed by atoms with Gasteiger partial charge in [0.1, 0.15) is 11.9 Å². The van der Waals surface area contributed by atoms with Gasteiger partial charge in [0.15, 0.2) is 5.78 Å². The Hall–Kier alpha value is -1.80. The highest BCUT2D eigenvalue weighted by Crippen LogP contribution is 2.25. The minimum atomic E-state index is -4.25. The van der Waals surface area contributed by atoms with Gasteiger partial charge in [0.05, 0.1) is 11.4 Å². The second-order valence-electron chi connectivity index (χ2n) is 6.67. The maximum Gasteiger partial charge on any atom is 0.267 e. The van der Waals surface area contributed by atoms with Crippen LogP contribution in [0.3, 0.4) is 0 Å². The number of nitrogens with one attached hydrogen (secondary N) is 1. The quantitative estimate of drug-likeness (QED) is 0.812. The highest BCUT2D eigenvalue weighted by atomic mass is 32.2. The lowest BCUT2D eigenvalue weighted by molar-refractivity contribution is -0.134. The highest BCUT2D eigenvalue weighted by molar-refractivity contribution is 7.89. The molecule has 1 saturated heterocycles. The second kappa shape index (κ2) is 8.73. The van der Waals surface area contributed by atoms with Crippen LogP contribution in [0, 0.1) is 11.7 Å². The van der Waals surface area contributed by atoms with Crippen molar-refractivity contribution >= 4 is 21.7 Å². The Bertz CT molecular complexity index is 749. The van der Waals surface area contributed by atoms with Gasteiger partial charge in [-0.3, -0.25) is 9.59 Å². The number of rotatable bonds is 6. The van der Waals surface area contributed by atoms with E-state index in [4.69, 9.17) is 0 Å². The summed E-state index contributed by atoms with van der Waals surface area (Å²) in [4.78, 5) is 25.1. The van der Waals surface area contributed by atoms with Gasteiger partial charge >= 0.3 is 0 Å². The molecule has 1 fully saturated rings. The number of carbonyl (C=O) groups excluding carboxylic acids is 2. The molecule has 2 rings (SSSR count). The van der Waals surface area contributed by atoms with Crippen LogP contribution in [-0.4, -0.2) is 43.5 Å². The van der Waals surface area contributed by atoms with Crippen LogP contribution in [0.25, 0.3) is 0 Å². The summed E-state index contributed by atoms with van der Waals surface area (Å²) in [7, 11) is -4.25. The normalized spacial score (nSPS) is 19.7. The summed E-state index contributed by atoms with van der Waals surface area (Å²) < 4.78 is 40.2. The lowest BCUT2D eigenvalue weighted by Gasteiger charge is -2.30. The standard InChI is InChI=1S/C18H25FN2O4S/c1-3-13(2)11-18(23)21(16-5-4-10-20-12-17(16)22)26(24,25)15-8-6-14(19)7-9-15/h6-9,13,16,20H,3-5,10-12H2,1-2H3/t13-,16?/m0/s1. The summed E-state index contributed by atoms with van der Waals surface area (Å²) in [6, 6.07) is 3.26. The molecule has 8 heteroatoms. The Morgan fingerprint density at radius 2 is 2.00 bits per heavy atom. The van der Waals surface area contributed by atoms with Gasteiger partial charge in [0, 0.05) is 6.42 Å². The van der Waals surface area contributed by atoms with E-state index in [0.717, 1.165) is 35.0 Å². The maximum atomic E-state index is 13.2. The average Bonchev–Trinajstić information content (AvgIpc) is 2.80. The zero-order valence-corrected chi connectivity index (χ0v) is 15.9. The van der Waals surface area contributed by atoms with Crippen LogP contribution in [-0.2, 0) is 19.6 Å². The van der Waals surface area contributed by atoms with E-state index in [0.29, 0.717) is 13.0 Å². The molecule has 1 amide bonds. The summed E-state index contributed by atoms with van der Waals surface area (Å²) in [5.74, 6) is -1.50. The van der Waals surface area contributed by atoms with Crippen molar-refractivity contribution in [1.82, 2.24) is 9.62 Å². The number of sulfonamides is 1. The molecule has 0 aliphatic carbocycles. The zero-order valence-electron chi connectivity index (χ0n) is 15.1. The van der Waals surface area contributed by atoms with E-state index in [1.165, 1.54) is 0 Å². The molecule has 1 aromatic rings. The molecule has 1 N–H and O–H groups in total. The van der Waals surface area contributed by atoms with Gasteiger partial charge in [0.25, 0.3) is 10.0 Å². The molecule has 1 aliphatic rings. The van der Waals surface area contributed by atoms with Crippen molar-refractivity contribution < 1.29 is 22.4 Å².